The van der Waals surface area contributed by atoms with Crippen molar-refractivity contribution < 1.29 is 13.2 Å². The maximum absolute atomic E-state index is 12.2. The summed E-state index contributed by atoms with van der Waals surface area (Å²) in [5, 5.41) is 7.53. The minimum absolute atomic E-state index is 0.0420. The first kappa shape index (κ1) is 19.0. The highest BCUT2D eigenvalue weighted by Crippen LogP contribution is 2.11. The summed E-state index contributed by atoms with van der Waals surface area (Å²) in [4.78, 5) is 10.7. The molecular weight excluding hydrogens is 358 g/mol. The van der Waals surface area contributed by atoms with Crippen LogP contribution >= 0.6 is 0 Å². The number of nitrogens with one attached hydrogen (secondary N) is 1. The summed E-state index contributed by atoms with van der Waals surface area (Å²) in [5.74, 6) is 1.47. The number of nitrogens with zero attached hydrogens (tertiary/aromatic N) is 6. The zero-order chi connectivity index (χ0) is 18.6. The van der Waals surface area contributed by atoms with Crippen molar-refractivity contribution in [3.63, 3.8) is 0 Å². The number of anilines is 1. The molecule has 0 aromatic carbocycles. The maximum Gasteiger partial charge on any atom is 0.254 e. The van der Waals surface area contributed by atoms with Crippen molar-refractivity contribution in [2.75, 3.05) is 64.1 Å². The van der Waals surface area contributed by atoms with Crippen LogP contribution in [0.15, 0.2) is 12.4 Å². The van der Waals surface area contributed by atoms with E-state index in [4.69, 9.17) is 4.74 Å². The zero-order valence-electron chi connectivity index (χ0n) is 15.1. The van der Waals surface area contributed by atoms with E-state index in [2.05, 4.69) is 25.3 Å². The molecule has 0 aliphatic carbocycles. The Kier molecular flexibility index (Phi) is 6.01. The Balaban J connectivity index is 1.47. The minimum Gasteiger partial charge on any atom is -0.384 e. The SMILES string of the molecule is COCCS(=O)(=O)N1CCN(CCNc2cc(C)nc3ncnn23)CC1. The molecule has 2 aromatic rings. The van der Waals surface area contributed by atoms with Gasteiger partial charge in [0.1, 0.15) is 12.1 Å². The molecule has 10 nitrogen and oxygen atoms in total. The summed E-state index contributed by atoms with van der Waals surface area (Å²) in [5.41, 5.74) is 0.878. The molecule has 26 heavy (non-hydrogen) atoms. The van der Waals surface area contributed by atoms with Crippen LogP contribution in [0.3, 0.4) is 0 Å². The smallest absolute Gasteiger partial charge is 0.254 e. The standard InChI is InChI=1S/C15H25N7O3S/c1-13-11-14(22-15(19-13)17-12-18-22)16-3-4-20-5-7-21(8-6-20)26(23,24)10-9-25-2/h11-12,16H,3-10H2,1-2H3. The van der Waals surface area contributed by atoms with Gasteiger partial charge in [0.05, 0.1) is 12.4 Å². The van der Waals surface area contributed by atoms with E-state index in [0.717, 1.165) is 37.7 Å². The first-order valence-electron chi connectivity index (χ1n) is 8.60. The van der Waals surface area contributed by atoms with Gasteiger partial charge in [0.25, 0.3) is 5.78 Å². The van der Waals surface area contributed by atoms with Gasteiger partial charge in [-0.1, -0.05) is 0 Å². The third-order valence-corrected chi connectivity index (χ3v) is 6.22. The predicted molar refractivity (Wildman–Crippen MR) is 97.7 cm³/mol. The molecule has 0 saturated carbocycles. The van der Waals surface area contributed by atoms with Gasteiger partial charge in [0, 0.05) is 58.1 Å². The first-order chi connectivity index (χ1) is 12.5. The Morgan fingerprint density at radius 3 is 2.77 bits per heavy atom. The van der Waals surface area contributed by atoms with Crippen LogP contribution in [0.2, 0.25) is 0 Å². The van der Waals surface area contributed by atoms with Crippen molar-refractivity contribution in [3.8, 4) is 0 Å². The Morgan fingerprint density at radius 1 is 1.27 bits per heavy atom. The second kappa shape index (κ2) is 8.25. The van der Waals surface area contributed by atoms with E-state index < -0.39 is 10.0 Å². The molecule has 0 unspecified atom stereocenters. The molecule has 1 N–H and O–H groups in total. The van der Waals surface area contributed by atoms with Crippen LogP contribution < -0.4 is 5.32 Å². The molecule has 1 aliphatic rings. The van der Waals surface area contributed by atoms with Gasteiger partial charge in [-0.3, -0.25) is 4.90 Å². The van der Waals surface area contributed by atoms with Crippen molar-refractivity contribution in [2.24, 2.45) is 0 Å². The van der Waals surface area contributed by atoms with Gasteiger partial charge in [0.2, 0.25) is 10.0 Å². The summed E-state index contributed by atoms with van der Waals surface area (Å²) in [7, 11) is -1.70. The molecule has 1 saturated heterocycles. The Labute approximate surface area is 153 Å². The number of rotatable bonds is 8. The summed E-state index contributed by atoms with van der Waals surface area (Å²) in [6.07, 6.45) is 1.48. The molecule has 1 aliphatic heterocycles. The second-order valence-electron chi connectivity index (χ2n) is 6.23. The lowest BCUT2D eigenvalue weighted by atomic mass is 10.3. The number of hydrogen-bond acceptors (Lipinski definition) is 8. The first-order valence-corrected chi connectivity index (χ1v) is 10.2. The number of ether oxygens (including phenoxy) is 1. The number of methoxy groups -OCH3 is 1. The fourth-order valence-corrected chi connectivity index (χ4v) is 4.30. The van der Waals surface area contributed by atoms with E-state index in [9.17, 15) is 8.42 Å². The fourth-order valence-electron chi connectivity index (χ4n) is 2.95. The molecule has 0 spiro atoms. The van der Waals surface area contributed by atoms with Crippen molar-refractivity contribution in [2.45, 2.75) is 6.92 Å². The lowest BCUT2D eigenvalue weighted by Gasteiger charge is -2.34. The molecule has 1 fully saturated rings. The molecular formula is C15H25N7O3S. The van der Waals surface area contributed by atoms with E-state index in [1.54, 1.807) is 8.82 Å². The topological polar surface area (TPSA) is 105 Å². The van der Waals surface area contributed by atoms with E-state index >= 15 is 0 Å². The van der Waals surface area contributed by atoms with Crippen LogP contribution in [-0.2, 0) is 14.8 Å². The second-order valence-corrected chi connectivity index (χ2v) is 8.32. The number of sulfonamides is 1. The normalized spacial score (nSPS) is 17.0. The van der Waals surface area contributed by atoms with Gasteiger partial charge in [-0.15, -0.1) is 0 Å². The summed E-state index contributed by atoms with van der Waals surface area (Å²) in [6.45, 7) is 6.20. The molecule has 144 valence electrons. The Hall–Kier alpha value is -1.82. The van der Waals surface area contributed by atoms with E-state index in [1.807, 2.05) is 13.0 Å². The fraction of sp³-hybridized carbons (Fsp3) is 0.667. The van der Waals surface area contributed by atoms with Crippen molar-refractivity contribution in [3.05, 3.63) is 18.1 Å². The number of fused-ring (bicyclic) bond motifs is 1. The van der Waals surface area contributed by atoms with Crippen LogP contribution in [0.25, 0.3) is 5.78 Å². The largest absolute Gasteiger partial charge is 0.384 e. The van der Waals surface area contributed by atoms with Gasteiger partial charge in [-0.05, 0) is 6.92 Å². The third kappa shape index (κ3) is 4.47. The Morgan fingerprint density at radius 2 is 2.04 bits per heavy atom. The van der Waals surface area contributed by atoms with Gasteiger partial charge in [0.15, 0.2) is 0 Å². The van der Waals surface area contributed by atoms with Gasteiger partial charge in [-0.2, -0.15) is 18.9 Å². The van der Waals surface area contributed by atoms with Crippen LogP contribution in [0, 0.1) is 6.92 Å². The van der Waals surface area contributed by atoms with E-state index in [0.29, 0.717) is 18.9 Å². The Bertz CT molecular complexity index is 831. The van der Waals surface area contributed by atoms with E-state index in [-0.39, 0.29) is 12.4 Å². The van der Waals surface area contributed by atoms with Crippen LogP contribution in [-0.4, -0.2) is 95.9 Å². The van der Waals surface area contributed by atoms with Crippen molar-refractivity contribution in [1.29, 1.82) is 0 Å². The maximum atomic E-state index is 12.2. The average molecular weight is 383 g/mol. The summed E-state index contributed by atoms with van der Waals surface area (Å²) >= 11 is 0. The molecule has 11 heteroatoms. The lowest BCUT2D eigenvalue weighted by molar-refractivity contribution is 0.189. The molecule has 2 aromatic heterocycles. The number of piperazine rings is 1. The zero-order valence-corrected chi connectivity index (χ0v) is 15.9. The number of hydrogen-bond donors (Lipinski definition) is 1. The van der Waals surface area contributed by atoms with Gasteiger partial charge in [-0.25, -0.2) is 13.4 Å². The van der Waals surface area contributed by atoms with Gasteiger partial charge >= 0.3 is 0 Å². The predicted octanol–water partition coefficient (Wildman–Crippen LogP) is -0.562. The molecule has 3 rings (SSSR count). The lowest BCUT2D eigenvalue weighted by Crippen LogP contribution is -2.50. The third-order valence-electron chi connectivity index (χ3n) is 4.38. The average Bonchev–Trinajstić information content (AvgIpc) is 3.09. The quantitative estimate of drug-likeness (QED) is 0.647. The highest BCUT2D eigenvalue weighted by molar-refractivity contribution is 7.89. The highest BCUT2D eigenvalue weighted by atomic mass is 32.2. The van der Waals surface area contributed by atoms with Crippen molar-refractivity contribution >= 4 is 21.6 Å². The minimum atomic E-state index is -3.21. The summed E-state index contributed by atoms with van der Waals surface area (Å²) < 4.78 is 32.5. The summed E-state index contributed by atoms with van der Waals surface area (Å²) in [6, 6.07) is 1.93. The van der Waals surface area contributed by atoms with Crippen molar-refractivity contribution in [1.82, 2.24) is 28.8 Å². The molecule has 0 bridgehead atoms. The monoisotopic (exact) mass is 383 g/mol. The molecule has 3 heterocycles. The number of aryl methyl sites for hydroxylation is 1. The van der Waals surface area contributed by atoms with E-state index in [1.165, 1.54) is 13.4 Å². The van der Waals surface area contributed by atoms with Crippen LogP contribution in [0.1, 0.15) is 5.69 Å². The highest BCUT2D eigenvalue weighted by Gasteiger charge is 2.26. The van der Waals surface area contributed by atoms with Crippen LogP contribution in [0.4, 0.5) is 5.82 Å². The number of aromatic nitrogens is 4. The molecule has 0 atom stereocenters. The van der Waals surface area contributed by atoms with Gasteiger partial charge < -0.3 is 10.1 Å². The van der Waals surface area contributed by atoms with Crippen LogP contribution in [0.5, 0.6) is 0 Å². The molecule has 0 amide bonds. The molecule has 0 radical (unpaired) electrons.